The van der Waals surface area contributed by atoms with Crippen LogP contribution in [0.2, 0.25) is 0 Å². The van der Waals surface area contributed by atoms with Crippen LogP contribution in [-0.4, -0.2) is 18.3 Å². The smallest absolute Gasteiger partial charge is 0.854 e. The van der Waals surface area contributed by atoms with Crippen LogP contribution in [0.15, 0.2) is 0 Å². The van der Waals surface area contributed by atoms with Gasteiger partial charge in [-0.25, -0.2) is 0 Å². The van der Waals surface area contributed by atoms with Gasteiger partial charge in [0.1, 0.15) is 0 Å². The molecule has 0 unspecified atom stereocenters. The molecule has 3 heteroatoms. The van der Waals surface area contributed by atoms with Crippen LogP contribution in [-0.2, 0) is 0 Å². The molecule has 0 spiro atoms. The van der Waals surface area contributed by atoms with E-state index in [0.717, 1.165) is 32.1 Å². The van der Waals surface area contributed by atoms with E-state index in [-0.39, 0.29) is 25.5 Å². The third kappa shape index (κ3) is 13.5. The summed E-state index contributed by atoms with van der Waals surface area (Å²) in [5.41, 5.74) is 0. The minimum Gasteiger partial charge on any atom is -0.854 e. The van der Waals surface area contributed by atoms with E-state index in [1.54, 1.807) is 0 Å². The summed E-state index contributed by atoms with van der Waals surface area (Å²) >= 11 is 0. The van der Waals surface area contributed by atoms with E-state index < -0.39 is 0 Å². The van der Waals surface area contributed by atoms with Gasteiger partial charge in [0, 0.05) is 6.61 Å². The van der Waals surface area contributed by atoms with Crippen molar-refractivity contribution in [3.8, 4) is 0 Å². The maximum absolute atomic E-state index is 9.98. The molecule has 0 radical (unpaired) electrons. The Morgan fingerprint density at radius 2 is 1.27 bits per heavy atom. The topological polar surface area (TPSA) is 43.3 Å². The summed E-state index contributed by atoms with van der Waals surface area (Å²) < 4.78 is 0. The molecular weight excluding hydrogens is 135 g/mol. The van der Waals surface area contributed by atoms with Crippen molar-refractivity contribution in [3.05, 3.63) is 0 Å². The molecule has 0 aliphatic rings. The summed E-state index contributed by atoms with van der Waals surface area (Å²) in [7, 11) is 0. The molecule has 0 heterocycles. The number of rotatable bonds is 7. The summed E-state index contributed by atoms with van der Waals surface area (Å²) in [6.45, 7) is 0.377. The molecule has 0 aromatic heterocycles. The van der Waals surface area contributed by atoms with Crippen LogP contribution in [0.1, 0.15) is 38.5 Å². The van der Waals surface area contributed by atoms with E-state index >= 15 is 0 Å². The number of unbranched alkanes of at least 4 members (excludes halogenated alkanes) is 5. The molecule has 0 aromatic carbocycles. The van der Waals surface area contributed by atoms with Gasteiger partial charge in [-0.05, 0) is 6.42 Å². The molecular formula is C8H17LiO2. The molecule has 0 amide bonds. The van der Waals surface area contributed by atoms with Crippen molar-refractivity contribution >= 4 is 0 Å². The maximum Gasteiger partial charge on any atom is 1.00 e. The van der Waals surface area contributed by atoms with Crippen LogP contribution in [0.3, 0.4) is 0 Å². The van der Waals surface area contributed by atoms with Gasteiger partial charge in [0.25, 0.3) is 0 Å². The van der Waals surface area contributed by atoms with E-state index in [1.165, 1.54) is 6.42 Å². The monoisotopic (exact) mass is 152 g/mol. The van der Waals surface area contributed by atoms with Crippen molar-refractivity contribution < 1.29 is 29.1 Å². The first-order valence-corrected chi connectivity index (χ1v) is 4.10. The van der Waals surface area contributed by atoms with E-state index in [1.807, 2.05) is 0 Å². The molecule has 0 rings (SSSR count). The van der Waals surface area contributed by atoms with Gasteiger partial charge in [0.15, 0.2) is 0 Å². The average molecular weight is 152 g/mol. The predicted molar refractivity (Wildman–Crippen MR) is 39.7 cm³/mol. The largest absolute Gasteiger partial charge is 1.00 e. The summed E-state index contributed by atoms with van der Waals surface area (Å²) in [5, 5.41) is 18.4. The fourth-order valence-electron chi connectivity index (χ4n) is 0.921. The third-order valence-corrected chi connectivity index (χ3v) is 1.55. The van der Waals surface area contributed by atoms with Crippen LogP contribution in [0, 0.1) is 0 Å². The van der Waals surface area contributed by atoms with Gasteiger partial charge in [-0.1, -0.05) is 32.1 Å². The predicted octanol–water partition coefficient (Wildman–Crippen LogP) is -2.32. The van der Waals surface area contributed by atoms with Crippen molar-refractivity contribution in [1.29, 1.82) is 0 Å². The molecule has 1 N–H and O–H groups in total. The Kier molecular flexibility index (Phi) is 16.8. The first-order valence-electron chi connectivity index (χ1n) is 4.10. The van der Waals surface area contributed by atoms with Crippen LogP contribution < -0.4 is 24.0 Å². The Balaban J connectivity index is 0. The van der Waals surface area contributed by atoms with Gasteiger partial charge in [-0.3, -0.25) is 0 Å². The summed E-state index contributed by atoms with van der Waals surface area (Å²) in [4.78, 5) is 0. The van der Waals surface area contributed by atoms with Gasteiger partial charge in [0.2, 0.25) is 0 Å². The van der Waals surface area contributed by atoms with E-state index in [9.17, 15) is 5.11 Å². The Morgan fingerprint density at radius 3 is 1.73 bits per heavy atom. The first kappa shape index (κ1) is 14.1. The fraction of sp³-hybridized carbons (Fsp3) is 1.00. The van der Waals surface area contributed by atoms with Gasteiger partial charge < -0.3 is 10.2 Å². The molecule has 0 aliphatic heterocycles. The Hall–Kier alpha value is 0.517. The minimum atomic E-state index is 0. The molecule has 2 nitrogen and oxygen atoms in total. The fourth-order valence-corrected chi connectivity index (χ4v) is 0.921. The van der Waals surface area contributed by atoms with Crippen molar-refractivity contribution in [2.45, 2.75) is 38.5 Å². The Bertz CT molecular complexity index is 52.1. The molecule has 0 atom stereocenters. The van der Waals surface area contributed by atoms with Crippen LogP contribution in [0.25, 0.3) is 0 Å². The van der Waals surface area contributed by atoms with Crippen molar-refractivity contribution in [2.24, 2.45) is 0 Å². The molecule has 0 saturated heterocycles. The van der Waals surface area contributed by atoms with Crippen molar-refractivity contribution in [3.63, 3.8) is 0 Å². The van der Waals surface area contributed by atoms with Crippen LogP contribution in [0.5, 0.6) is 0 Å². The van der Waals surface area contributed by atoms with Crippen molar-refractivity contribution in [2.75, 3.05) is 13.2 Å². The minimum absolute atomic E-state index is 0. The molecule has 0 fully saturated rings. The number of aliphatic hydroxyl groups excluding tert-OH is 1. The van der Waals surface area contributed by atoms with E-state index in [2.05, 4.69) is 0 Å². The second-order valence-electron chi connectivity index (χ2n) is 2.55. The van der Waals surface area contributed by atoms with Crippen LogP contribution >= 0.6 is 0 Å². The zero-order valence-electron chi connectivity index (χ0n) is 7.51. The average Bonchev–Trinajstić information content (AvgIpc) is 1.97. The maximum atomic E-state index is 9.98. The number of aliphatic hydroxyl groups is 1. The Morgan fingerprint density at radius 1 is 0.818 bits per heavy atom. The Labute approximate surface area is 81.2 Å². The summed E-state index contributed by atoms with van der Waals surface area (Å²) in [5.74, 6) is 0. The summed E-state index contributed by atoms with van der Waals surface area (Å²) in [6, 6.07) is 0. The standard InChI is InChI=1S/C8H17O2.Li/c9-7-5-3-1-2-4-6-8-10;/h9H,1-8H2;/q-1;+1. The SMILES string of the molecule is [Li+].[O-]CCCCCCCCO. The molecule has 0 aliphatic carbocycles. The van der Waals surface area contributed by atoms with Gasteiger partial charge in [0.05, 0.1) is 0 Å². The second kappa shape index (κ2) is 13.1. The normalized spacial score (nSPS) is 9.27. The van der Waals surface area contributed by atoms with Gasteiger partial charge >= 0.3 is 18.9 Å². The molecule has 0 aromatic rings. The van der Waals surface area contributed by atoms with Crippen molar-refractivity contribution in [1.82, 2.24) is 0 Å². The zero-order chi connectivity index (χ0) is 7.66. The van der Waals surface area contributed by atoms with E-state index in [0.29, 0.717) is 6.61 Å². The summed E-state index contributed by atoms with van der Waals surface area (Å²) in [6.07, 6.45) is 6.23. The zero-order valence-corrected chi connectivity index (χ0v) is 7.51. The first-order chi connectivity index (χ1) is 4.91. The molecule has 62 valence electrons. The van der Waals surface area contributed by atoms with Gasteiger partial charge in [-0.15, -0.1) is 6.61 Å². The number of hydrogen-bond acceptors (Lipinski definition) is 2. The van der Waals surface area contributed by atoms with E-state index in [4.69, 9.17) is 5.11 Å². The third-order valence-electron chi connectivity index (χ3n) is 1.55. The molecule has 11 heavy (non-hydrogen) atoms. The molecule has 0 bridgehead atoms. The molecule has 0 saturated carbocycles. The van der Waals surface area contributed by atoms with Gasteiger partial charge in [-0.2, -0.15) is 0 Å². The quantitative estimate of drug-likeness (QED) is 0.329. The van der Waals surface area contributed by atoms with Crippen LogP contribution in [0.4, 0.5) is 0 Å². The second-order valence-corrected chi connectivity index (χ2v) is 2.55. The number of hydrogen-bond donors (Lipinski definition) is 1.